The van der Waals surface area contributed by atoms with Crippen LogP contribution < -0.4 is 11.1 Å². The normalized spacial score (nSPS) is 12.3. The number of amides is 2. The third-order valence-corrected chi connectivity index (χ3v) is 6.66. The number of nitrogens with zero attached hydrogens (tertiary/aromatic N) is 1. The maximum absolute atomic E-state index is 12.8. The number of nitrogens with one attached hydrogen (secondary N) is 1. The minimum atomic E-state index is -1.17. The minimum Gasteiger partial charge on any atom is -0.481 e. The molecule has 216 valence electrons. The van der Waals surface area contributed by atoms with Gasteiger partial charge in [-0.15, -0.1) is 0 Å². The van der Waals surface area contributed by atoms with Gasteiger partial charge in [-0.2, -0.15) is 0 Å². The van der Waals surface area contributed by atoms with Gasteiger partial charge in [-0.05, 0) is 36.1 Å². The van der Waals surface area contributed by atoms with Crippen molar-refractivity contribution in [1.29, 1.82) is 0 Å². The van der Waals surface area contributed by atoms with E-state index in [9.17, 15) is 24.0 Å². The Kier molecular flexibility index (Phi) is 11.2. The number of Topliss-reactive ketones (excluding diaryl/α,β-unsaturated/α-hetero) is 1. The summed E-state index contributed by atoms with van der Waals surface area (Å²) in [6.07, 6.45) is -1.41. The zero-order valence-electron chi connectivity index (χ0n) is 22.0. The van der Waals surface area contributed by atoms with Crippen LogP contribution in [-0.2, 0) is 30.4 Å². The maximum Gasteiger partial charge on any atom is 0.303 e. The molecule has 0 radical (unpaired) electrons. The molecular weight excluding hydrogens is 554 g/mol. The van der Waals surface area contributed by atoms with Gasteiger partial charge in [0.2, 0.25) is 11.8 Å². The maximum atomic E-state index is 12.8. The predicted octanol–water partition coefficient (Wildman–Crippen LogP) is 3.87. The van der Waals surface area contributed by atoms with Crippen molar-refractivity contribution in [2.24, 2.45) is 11.7 Å². The monoisotopic (exact) mass is 583 g/mol. The van der Waals surface area contributed by atoms with E-state index in [1.807, 2.05) is 42.5 Å². The van der Waals surface area contributed by atoms with Gasteiger partial charge in [0.05, 0.1) is 6.04 Å². The van der Waals surface area contributed by atoms with E-state index in [0.717, 1.165) is 16.7 Å². The van der Waals surface area contributed by atoms with Crippen LogP contribution in [0.2, 0.25) is 5.02 Å². The smallest absolute Gasteiger partial charge is 0.303 e. The number of hydrogen-bond acceptors (Lipinski definition) is 7. The molecule has 0 bridgehead atoms. The molecule has 2 amide bonds. The van der Waals surface area contributed by atoms with Gasteiger partial charge >= 0.3 is 11.9 Å². The van der Waals surface area contributed by atoms with E-state index >= 15 is 0 Å². The molecule has 0 aliphatic heterocycles. The molecule has 2 atom stereocenters. The molecule has 3 rings (SSSR count). The number of ketones is 1. The Bertz CT molecular complexity index is 1400. The van der Waals surface area contributed by atoms with Gasteiger partial charge in [-0.1, -0.05) is 53.2 Å². The van der Waals surface area contributed by atoms with E-state index in [-0.39, 0.29) is 32.1 Å². The molecule has 12 heteroatoms. The highest BCUT2D eigenvalue weighted by Crippen LogP contribution is 2.26. The van der Waals surface area contributed by atoms with Crippen molar-refractivity contribution >= 4 is 41.1 Å². The number of aryl methyl sites for hydroxylation is 1. The molecule has 1 aromatic heterocycles. The number of carboxylic acids is 2. The first-order valence-corrected chi connectivity index (χ1v) is 13.3. The van der Waals surface area contributed by atoms with Gasteiger partial charge in [0.25, 0.3) is 0 Å². The van der Waals surface area contributed by atoms with Crippen molar-refractivity contribution in [3.8, 4) is 22.4 Å². The fourth-order valence-electron chi connectivity index (χ4n) is 4.18. The molecule has 41 heavy (non-hydrogen) atoms. The molecule has 2 aromatic carbocycles. The molecule has 1 heterocycles. The van der Waals surface area contributed by atoms with E-state index < -0.39 is 54.3 Å². The number of benzene rings is 2. The molecule has 11 nitrogen and oxygen atoms in total. The van der Waals surface area contributed by atoms with Crippen LogP contribution in [0, 0.1) is 5.92 Å². The summed E-state index contributed by atoms with van der Waals surface area (Å²) in [7, 11) is 0. The van der Waals surface area contributed by atoms with Gasteiger partial charge < -0.3 is 25.8 Å². The summed E-state index contributed by atoms with van der Waals surface area (Å²) in [5.74, 6) is -4.90. The highest BCUT2D eigenvalue weighted by Gasteiger charge is 2.27. The Morgan fingerprint density at radius 3 is 2.17 bits per heavy atom. The van der Waals surface area contributed by atoms with Crippen molar-refractivity contribution < 1.29 is 38.7 Å². The van der Waals surface area contributed by atoms with Crippen LogP contribution in [0.1, 0.15) is 44.3 Å². The van der Waals surface area contributed by atoms with Crippen LogP contribution in [0.25, 0.3) is 22.4 Å². The molecule has 0 aliphatic carbocycles. The number of hydrogen-bond donors (Lipinski definition) is 4. The quantitative estimate of drug-likeness (QED) is 0.194. The lowest BCUT2D eigenvalue weighted by Gasteiger charge is -2.19. The fraction of sp³-hybridized carbons (Fsp3) is 0.310. The van der Waals surface area contributed by atoms with Crippen LogP contribution in [-0.4, -0.2) is 50.9 Å². The lowest BCUT2D eigenvalue weighted by atomic mass is 9.92. The largest absolute Gasteiger partial charge is 0.481 e. The lowest BCUT2D eigenvalue weighted by molar-refractivity contribution is -0.139. The number of aromatic nitrogens is 1. The molecule has 5 N–H and O–H groups in total. The highest BCUT2D eigenvalue weighted by molar-refractivity contribution is 6.30. The lowest BCUT2D eigenvalue weighted by Crippen LogP contribution is -2.43. The number of aliphatic carboxylic acids is 2. The van der Waals surface area contributed by atoms with E-state index in [1.165, 1.54) is 0 Å². The molecule has 0 aliphatic rings. The third-order valence-electron chi connectivity index (χ3n) is 6.42. The number of nitrogens with two attached hydrogens (primary N) is 1. The molecule has 0 unspecified atom stereocenters. The second kappa shape index (κ2) is 14.8. The first-order valence-electron chi connectivity index (χ1n) is 12.9. The first-order chi connectivity index (χ1) is 19.5. The Balaban J connectivity index is 1.59. The molecule has 0 saturated carbocycles. The molecule has 0 fully saturated rings. The second-order valence-electron chi connectivity index (χ2n) is 9.52. The van der Waals surface area contributed by atoms with E-state index in [1.54, 1.807) is 12.1 Å². The predicted molar refractivity (Wildman–Crippen MR) is 149 cm³/mol. The SMILES string of the molecule is NC(=O)[C@@H](CCC(=O)O)CC(=O)[C@@H](CCC(=O)O)NC(=O)CCc1cc(-c2ccc(-c3cccc(Cl)c3)cc2)no1. The van der Waals surface area contributed by atoms with Crippen LogP contribution >= 0.6 is 11.6 Å². The first kappa shape index (κ1) is 31.0. The number of carbonyl (C=O) groups excluding carboxylic acids is 3. The third kappa shape index (κ3) is 9.87. The van der Waals surface area contributed by atoms with Gasteiger partial charge in [0.15, 0.2) is 5.78 Å². The van der Waals surface area contributed by atoms with Crippen molar-refractivity contribution in [3.63, 3.8) is 0 Å². The highest BCUT2D eigenvalue weighted by atomic mass is 35.5. The van der Waals surface area contributed by atoms with Crippen LogP contribution in [0.5, 0.6) is 0 Å². The number of carbonyl (C=O) groups is 5. The summed E-state index contributed by atoms with van der Waals surface area (Å²) in [6.45, 7) is 0. The Labute approximate surface area is 240 Å². The molecular formula is C29H30ClN3O8. The van der Waals surface area contributed by atoms with Gasteiger partial charge in [0.1, 0.15) is 11.5 Å². The zero-order valence-corrected chi connectivity index (χ0v) is 22.8. The summed E-state index contributed by atoms with van der Waals surface area (Å²) >= 11 is 6.07. The topological polar surface area (TPSA) is 190 Å². The van der Waals surface area contributed by atoms with Gasteiger partial charge in [-0.3, -0.25) is 24.0 Å². The van der Waals surface area contributed by atoms with Crippen molar-refractivity contribution in [1.82, 2.24) is 10.5 Å². The van der Waals surface area contributed by atoms with E-state index in [0.29, 0.717) is 16.5 Å². The standard InChI is InChI=1S/C29H30ClN3O8/c30-21-3-1-2-19(14-21)17-4-6-18(7-5-17)24-16-22(41-33-24)9-11-26(35)32-23(10-13-28(38)39)25(34)15-20(29(31)40)8-12-27(36)37/h1-7,14,16,20,23H,8-13,15H2,(H2,31,40)(H,32,35)(H,36,37)(H,38,39)/t20-,23+/m0/s1. The Morgan fingerprint density at radius 2 is 1.54 bits per heavy atom. The fourth-order valence-corrected chi connectivity index (χ4v) is 4.37. The summed E-state index contributed by atoms with van der Waals surface area (Å²) in [5, 5.41) is 25.1. The zero-order chi connectivity index (χ0) is 29.9. The number of halogens is 1. The summed E-state index contributed by atoms with van der Waals surface area (Å²) < 4.78 is 5.37. The van der Waals surface area contributed by atoms with Crippen molar-refractivity contribution in [3.05, 3.63) is 65.4 Å². The van der Waals surface area contributed by atoms with Gasteiger partial charge in [0, 0.05) is 54.7 Å². The van der Waals surface area contributed by atoms with Crippen molar-refractivity contribution in [2.45, 2.75) is 51.0 Å². The molecule has 0 spiro atoms. The number of primary amides is 1. The van der Waals surface area contributed by atoms with Crippen LogP contribution in [0.15, 0.2) is 59.1 Å². The Hall–Kier alpha value is -4.51. The molecule has 0 saturated heterocycles. The van der Waals surface area contributed by atoms with Crippen LogP contribution in [0.3, 0.4) is 0 Å². The summed E-state index contributed by atoms with van der Waals surface area (Å²) in [4.78, 5) is 59.0. The summed E-state index contributed by atoms with van der Waals surface area (Å²) in [5.41, 5.74) is 8.64. The van der Waals surface area contributed by atoms with Crippen molar-refractivity contribution in [2.75, 3.05) is 0 Å². The van der Waals surface area contributed by atoms with Crippen LogP contribution in [0.4, 0.5) is 0 Å². The summed E-state index contributed by atoms with van der Waals surface area (Å²) in [6, 6.07) is 15.7. The van der Waals surface area contributed by atoms with E-state index in [4.69, 9.17) is 32.1 Å². The van der Waals surface area contributed by atoms with Gasteiger partial charge in [-0.25, -0.2) is 0 Å². The minimum absolute atomic E-state index is 0.0720. The average Bonchev–Trinajstić information content (AvgIpc) is 3.41. The number of carboxylic acid groups (broad SMARTS) is 2. The number of rotatable bonds is 16. The average molecular weight is 584 g/mol. The Morgan fingerprint density at radius 1 is 0.878 bits per heavy atom. The molecule has 3 aromatic rings. The van der Waals surface area contributed by atoms with E-state index in [2.05, 4.69) is 10.5 Å². The second-order valence-corrected chi connectivity index (χ2v) is 9.96.